The Kier molecular flexibility index (Phi) is 7.55. The van der Waals surface area contributed by atoms with Crippen molar-refractivity contribution in [3.05, 3.63) is 42.0 Å². The summed E-state index contributed by atoms with van der Waals surface area (Å²) in [6, 6.07) is 10.3. The van der Waals surface area contributed by atoms with Crippen molar-refractivity contribution < 1.29 is 4.79 Å². The second-order valence-electron chi connectivity index (χ2n) is 5.82. The Labute approximate surface area is 166 Å². The summed E-state index contributed by atoms with van der Waals surface area (Å²) in [5.74, 6) is 0.632. The quantitative estimate of drug-likeness (QED) is 0.658. The first-order valence-corrected chi connectivity index (χ1v) is 11.5. The van der Waals surface area contributed by atoms with E-state index in [9.17, 15) is 4.79 Å². The minimum atomic E-state index is 0.190. The van der Waals surface area contributed by atoms with Crippen LogP contribution in [0.2, 0.25) is 0 Å². The van der Waals surface area contributed by atoms with Crippen LogP contribution in [0.25, 0.3) is 6.08 Å². The molecule has 2 aromatic rings. The second-order valence-corrected chi connectivity index (χ2v) is 9.07. The van der Waals surface area contributed by atoms with Crippen molar-refractivity contribution >= 4 is 46.8 Å². The lowest BCUT2D eigenvalue weighted by Crippen LogP contribution is -2.49. The molecule has 0 saturated carbocycles. The van der Waals surface area contributed by atoms with Gasteiger partial charge >= 0.3 is 0 Å². The predicted octanol–water partition coefficient (Wildman–Crippen LogP) is 3.21. The molecule has 3 rings (SSSR count). The van der Waals surface area contributed by atoms with Crippen LogP contribution < -0.4 is 0 Å². The molecule has 1 aliphatic heterocycles. The molecule has 0 spiro atoms. The largest absolute Gasteiger partial charge is 0.339 e. The molecule has 0 atom stereocenters. The van der Waals surface area contributed by atoms with Gasteiger partial charge in [0.1, 0.15) is 0 Å². The molecule has 0 aliphatic carbocycles. The summed E-state index contributed by atoms with van der Waals surface area (Å²) in [4.78, 5) is 16.7. The third-order valence-corrected chi connectivity index (χ3v) is 7.10. The van der Waals surface area contributed by atoms with Gasteiger partial charge in [0.25, 0.3) is 0 Å². The van der Waals surface area contributed by atoms with Gasteiger partial charge in [0.15, 0.2) is 8.68 Å². The van der Waals surface area contributed by atoms with E-state index in [2.05, 4.69) is 39.4 Å². The number of hydrogen-bond acceptors (Lipinski definition) is 7. The van der Waals surface area contributed by atoms with Crippen molar-refractivity contribution in [1.82, 2.24) is 20.0 Å². The van der Waals surface area contributed by atoms with Crippen LogP contribution in [-0.2, 0) is 4.79 Å². The Balaban J connectivity index is 1.37. The summed E-state index contributed by atoms with van der Waals surface area (Å²) in [7, 11) is 0. The fourth-order valence-electron chi connectivity index (χ4n) is 2.63. The Hall–Kier alpha value is -1.35. The van der Waals surface area contributed by atoms with Crippen molar-refractivity contribution in [3.8, 4) is 0 Å². The SMILES string of the molecule is CSc1nnc(SCC(=O)N2CCN(C/C=C/c3ccccc3)CC2)s1. The van der Waals surface area contributed by atoms with Gasteiger partial charge in [-0.05, 0) is 11.8 Å². The summed E-state index contributed by atoms with van der Waals surface area (Å²) < 4.78 is 1.81. The molecule has 2 heterocycles. The van der Waals surface area contributed by atoms with Gasteiger partial charge in [0, 0.05) is 32.7 Å². The number of carbonyl (C=O) groups is 1. The van der Waals surface area contributed by atoms with Crippen LogP contribution in [0.4, 0.5) is 0 Å². The van der Waals surface area contributed by atoms with Gasteiger partial charge in [-0.25, -0.2) is 0 Å². The smallest absolute Gasteiger partial charge is 0.233 e. The van der Waals surface area contributed by atoms with E-state index in [1.54, 1.807) is 23.1 Å². The van der Waals surface area contributed by atoms with Crippen molar-refractivity contribution in [2.24, 2.45) is 0 Å². The molecule has 1 fully saturated rings. The Morgan fingerprint density at radius 3 is 2.58 bits per heavy atom. The summed E-state index contributed by atoms with van der Waals surface area (Å²) in [5.41, 5.74) is 1.22. The molecule has 8 heteroatoms. The fourth-order valence-corrected chi connectivity index (χ4v) is 4.98. The summed E-state index contributed by atoms with van der Waals surface area (Å²) in [6.07, 6.45) is 6.33. The first kappa shape index (κ1) is 19.4. The van der Waals surface area contributed by atoms with Gasteiger partial charge in [0.05, 0.1) is 5.75 Å². The average molecular weight is 407 g/mol. The molecule has 0 unspecified atom stereocenters. The molecule has 5 nitrogen and oxygen atoms in total. The van der Waals surface area contributed by atoms with Crippen LogP contribution >= 0.6 is 34.9 Å². The number of hydrogen-bond donors (Lipinski definition) is 0. The number of amides is 1. The molecule has 1 aromatic carbocycles. The highest BCUT2D eigenvalue weighted by molar-refractivity contribution is 8.03. The van der Waals surface area contributed by atoms with Crippen LogP contribution in [0.3, 0.4) is 0 Å². The lowest BCUT2D eigenvalue weighted by atomic mass is 10.2. The van der Waals surface area contributed by atoms with Crippen LogP contribution in [0.15, 0.2) is 45.1 Å². The molecule has 0 radical (unpaired) electrons. The molecule has 26 heavy (non-hydrogen) atoms. The van der Waals surface area contributed by atoms with E-state index in [0.717, 1.165) is 41.4 Å². The van der Waals surface area contributed by atoms with E-state index in [4.69, 9.17) is 0 Å². The lowest BCUT2D eigenvalue weighted by molar-refractivity contribution is -0.129. The third-order valence-electron chi connectivity index (χ3n) is 4.08. The zero-order valence-corrected chi connectivity index (χ0v) is 17.2. The van der Waals surface area contributed by atoms with Crippen molar-refractivity contribution in [1.29, 1.82) is 0 Å². The molecule has 1 amide bonds. The number of aromatic nitrogens is 2. The van der Waals surface area contributed by atoms with Gasteiger partial charge in [0.2, 0.25) is 5.91 Å². The van der Waals surface area contributed by atoms with Gasteiger partial charge in [-0.15, -0.1) is 10.2 Å². The van der Waals surface area contributed by atoms with Gasteiger partial charge < -0.3 is 4.90 Å². The molecular formula is C18H22N4OS3. The monoisotopic (exact) mass is 406 g/mol. The zero-order chi connectivity index (χ0) is 18.2. The molecule has 1 aliphatic rings. The average Bonchev–Trinajstić information content (AvgIpc) is 3.16. The Morgan fingerprint density at radius 2 is 1.88 bits per heavy atom. The standard InChI is InChI=1S/C18H22N4OS3/c1-24-17-19-20-18(26-17)25-14-16(23)22-12-10-21(11-13-22)9-5-8-15-6-3-2-4-7-15/h2-8H,9-14H2,1H3/b8-5+. The molecule has 1 aromatic heterocycles. The predicted molar refractivity (Wildman–Crippen MR) is 111 cm³/mol. The minimum Gasteiger partial charge on any atom is -0.339 e. The molecule has 0 bridgehead atoms. The first-order chi connectivity index (χ1) is 12.7. The van der Waals surface area contributed by atoms with Gasteiger partial charge in [-0.3, -0.25) is 9.69 Å². The molecule has 138 valence electrons. The van der Waals surface area contributed by atoms with Crippen LogP contribution in [-0.4, -0.2) is 70.6 Å². The van der Waals surface area contributed by atoms with Gasteiger partial charge in [-0.2, -0.15) is 0 Å². The van der Waals surface area contributed by atoms with E-state index in [-0.39, 0.29) is 5.91 Å². The number of rotatable bonds is 7. The Bertz CT molecular complexity index is 727. The van der Waals surface area contributed by atoms with Crippen molar-refractivity contribution in [3.63, 3.8) is 0 Å². The van der Waals surface area contributed by atoms with Crippen molar-refractivity contribution in [2.45, 2.75) is 8.68 Å². The van der Waals surface area contributed by atoms with E-state index < -0.39 is 0 Å². The number of thioether (sulfide) groups is 2. The lowest BCUT2D eigenvalue weighted by Gasteiger charge is -2.34. The number of carbonyl (C=O) groups excluding carboxylic acids is 1. The van der Waals surface area contributed by atoms with Crippen LogP contribution in [0.5, 0.6) is 0 Å². The number of benzene rings is 1. The maximum absolute atomic E-state index is 12.4. The Morgan fingerprint density at radius 1 is 1.15 bits per heavy atom. The second kappa shape index (κ2) is 10.1. The van der Waals surface area contributed by atoms with Crippen LogP contribution in [0.1, 0.15) is 5.56 Å². The highest BCUT2D eigenvalue weighted by atomic mass is 32.2. The number of piperazine rings is 1. The van der Waals surface area contributed by atoms with Crippen molar-refractivity contribution in [2.75, 3.05) is 44.7 Å². The number of nitrogens with zero attached hydrogens (tertiary/aromatic N) is 4. The highest BCUT2D eigenvalue weighted by Gasteiger charge is 2.20. The van der Waals surface area contributed by atoms with E-state index in [1.807, 2.05) is 29.4 Å². The van der Waals surface area contributed by atoms with Crippen LogP contribution in [0, 0.1) is 0 Å². The maximum atomic E-state index is 12.4. The minimum absolute atomic E-state index is 0.190. The van der Waals surface area contributed by atoms with E-state index in [1.165, 1.54) is 17.3 Å². The molecule has 1 saturated heterocycles. The molecular weight excluding hydrogens is 384 g/mol. The summed E-state index contributed by atoms with van der Waals surface area (Å²) >= 11 is 4.61. The highest BCUT2D eigenvalue weighted by Crippen LogP contribution is 2.27. The van der Waals surface area contributed by atoms with E-state index in [0.29, 0.717) is 5.75 Å². The maximum Gasteiger partial charge on any atom is 0.233 e. The fraction of sp³-hybridized carbons (Fsp3) is 0.389. The van der Waals surface area contributed by atoms with E-state index >= 15 is 0 Å². The zero-order valence-electron chi connectivity index (χ0n) is 14.7. The molecule has 0 N–H and O–H groups in total. The third kappa shape index (κ3) is 5.84. The normalized spacial score (nSPS) is 15.7. The topological polar surface area (TPSA) is 49.3 Å². The van der Waals surface area contributed by atoms with Gasteiger partial charge in [-0.1, -0.05) is 77.3 Å². The summed E-state index contributed by atoms with van der Waals surface area (Å²) in [6.45, 7) is 4.36. The summed E-state index contributed by atoms with van der Waals surface area (Å²) in [5, 5.41) is 8.16. The first-order valence-electron chi connectivity index (χ1n) is 8.46.